The number of aromatic nitrogens is 2. The molecule has 0 bridgehead atoms. The van der Waals surface area contributed by atoms with Gasteiger partial charge in [-0.1, -0.05) is 24.3 Å². The molecule has 0 atom stereocenters. The first-order chi connectivity index (χ1) is 14.1. The predicted octanol–water partition coefficient (Wildman–Crippen LogP) is 5.29. The highest BCUT2D eigenvalue weighted by atomic mass is 19.1. The highest BCUT2D eigenvalue weighted by Crippen LogP contribution is 2.32. The summed E-state index contributed by atoms with van der Waals surface area (Å²) in [7, 11) is 0. The summed E-state index contributed by atoms with van der Waals surface area (Å²) in [6, 6.07) is 17.9. The van der Waals surface area contributed by atoms with E-state index >= 15 is 0 Å². The van der Waals surface area contributed by atoms with Crippen molar-refractivity contribution in [1.29, 1.82) is 5.26 Å². The monoisotopic (exact) mass is 385 g/mol. The highest BCUT2D eigenvalue weighted by Gasteiger charge is 2.17. The van der Waals surface area contributed by atoms with E-state index < -0.39 is 0 Å². The molecule has 0 fully saturated rings. The zero-order valence-electron chi connectivity index (χ0n) is 16.3. The summed E-state index contributed by atoms with van der Waals surface area (Å²) >= 11 is 0. The van der Waals surface area contributed by atoms with Crippen molar-refractivity contribution in [2.45, 2.75) is 27.0 Å². The first-order valence-corrected chi connectivity index (χ1v) is 9.37. The number of hydrogen-bond donors (Lipinski definition) is 0. The summed E-state index contributed by atoms with van der Waals surface area (Å²) < 4.78 is 21.4. The third kappa shape index (κ3) is 3.70. The second kappa shape index (κ2) is 7.76. The van der Waals surface area contributed by atoms with Crippen molar-refractivity contribution in [2.75, 3.05) is 0 Å². The molecular weight excluding hydrogens is 365 g/mol. The van der Waals surface area contributed by atoms with E-state index in [-0.39, 0.29) is 5.82 Å². The van der Waals surface area contributed by atoms with Crippen LogP contribution in [0, 0.1) is 31.0 Å². The molecule has 29 heavy (non-hydrogen) atoms. The predicted molar refractivity (Wildman–Crippen MR) is 110 cm³/mol. The van der Waals surface area contributed by atoms with Crippen LogP contribution >= 0.6 is 0 Å². The number of aryl methyl sites for hydroxylation is 1. The van der Waals surface area contributed by atoms with Gasteiger partial charge in [0.1, 0.15) is 23.7 Å². The lowest BCUT2D eigenvalue weighted by Crippen LogP contribution is -2.04. The highest BCUT2D eigenvalue weighted by molar-refractivity contribution is 5.86. The molecule has 5 heteroatoms. The number of ether oxygens (including phenoxy) is 1. The van der Waals surface area contributed by atoms with Gasteiger partial charge in [0.2, 0.25) is 0 Å². The molecule has 0 saturated carbocycles. The van der Waals surface area contributed by atoms with E-state index in [2.05, 4.69) is 29.5 Å². The molecule has 0 N–H and O–H groups in total. The quantitative estimate of drug-likeness (QED) is 0.469. The molecule has 0 aliphatic heterocycles. The van der Waals surface area contributed by atoms with Gasteiger partial charge in [0.05, 0.1) is 17.1 Å². The minimum atomic E-state index is -0.264. The van der Waals surface area contributed by atoms with E-state index in [1.807, 2.05) is 24.3 Å². The topological polar surface area (TPSA) is 50.8 Å². The molecular formula is C24H20FN3O. The summed E-state index contributed by atoms with van der Waals surface area (Å²) in [5, 5.41) is 9.19. The van der Waals surface area contributed by atoms with Gasteiger partial charge in [0.25, 0.3) is 0 Å². The van der Waals surface area contributed by atoms with Gasteiger partial charge >= 0.3 is 0 Å². The lowest BCUT2D eigenvalue weighted by molar-refractivity contribution is 0.308. The zero-order valence-corrected chi connectivity index (χ0v) is 16.3. The molecule has 0 spiro atoms. The van der Waals surface area contributed by atoms with Gasteiger partial charge in [0, 0.05) is 24.5 Å². The number of hydrogen-bond acceptors (Lipinski definition) is 3. The number of benzene rings is 2. The van der Waals surface area contributed by atoms with Crippen LogP contribution in [0.25, 0.3) is 11.0 Å². The van der Waals surface area contributed by atoms with Crippen LogP contribution in [0.1, 0.15) is 27.9 Å². The van der Waals surface area contributed by atoms with Gasteiger partial charge in [-0.05, 0) is 54.8 Å². The van der Waals surface area contributed by atoms with Crippen LogP contribution in [0.5, 0.6) is 5.75 Å². The fourth-order valence-electron chi connectivity index (χ4n) is 3.49. The normalized spacial score (nSPS) is 10.8. The minimum absolute atomic E-state index is 0.264. The lowest BCUT2D eigenvalue weighted by atomic mass is 10.1. The summed E-state index contributed by atoms with van der Waals surface area (Å²) in [4.78, 5) is 4.56. The smallest absolute Gasteiger partial charge is 0.147 e. The van der Waals surface area contributed by atoms with E-state index in [9.17, 15) is 9.65 Å². The SMILES string of the molecule is Cc1c(C)n(Cc2cccc(C#N)c2)c2c(OCc3ccc(F)cc3)ccnc12. The molecule has 4 nitrogen and oxygen atoms in total. The van der Waals surface area contributed by atoms with Gasteiger partial charge in [0.15, 0.2) is 0 Å². The van der Waals surface area contributed by atoms with Crippen molar-refractivity contribution in [2.24, 2.45) is 0 Å². The Bertz CT molecular complexity index is 1220. The van der Waals surface area contributed by atoms with Crippen LogP contribution in [0.3, 0.4) is 0 Å². The van der Waals surface area contributed by atoms with Gasteiger partial charge in [-0.2, -0.15) is 5.26 Å². The Hall–Kier alpha value is -3.65. The van der Waals surface area contributed by atoms with Gasteiger partial charge in [-0.25, -0.2) is 4.39 Å². The summed E-state index contributed by atoms with van der Waals surface area (Å²) in [6.45, 7) is 5.07. The average Bonchev–Trinajstić information content (AvgIpc) is 2.99. The molecule has 0 unspecified atom stereocenters. The molecule has 0 aliphatic carbocycles. The van der Waals surface area contributed by atoms with E-state index in [0.717, 1.165) is 39.2 Å². The average molecular weight is 385 g/mol. The van der Waals surface area contributed by atoms with Gasteiger partial charge in [-0.3, -0.25) is 4.98 Å². The number of pyridine rings is 1. The summed E-state index contributed by atoms with van der Waals surface area (Å²) in [5.74, 6) is 0.465. The Balaban J connectivity index is 1.73. The molecule has 2 aromatic carbocycles. The molecule has 0 aliphatic rings. The minimum Gasteiger partial charge on any atom is -0.487 e. The summed E-state index contributed by atoms with van der Waals surface area (Å²) in [6.07, 6.45) is 1.75. The van der Waals surface area contributed by atoms with Crippen LogP contribution < -0.4 is 4.74 Å². The maximum Gasteiger partial charge on any atom is 0.147 e. The first-order valence-electron chi connectivity index (χ1n) is 9.37. The number of halogens is 1. The lowest BCUT2D eigenvalue weighted by Gasteiger charge is -2.13. The Morgan fingerprint density at radius 3 is 2.62 bits per heavy atom. The molecule has 144 valence electrons. The molecule has 0 saturated heterocycles. The van der Waals surface area contributed by atoms with Crippen LogP contribution in [0.4, 0.5) is 4.39 Å². The maximum atomic E-state index is 13.1. The van der Waals surface area contributed by atoms with Crippen LogP contribution in [0.15, 0.2) is 60.8 Å². The van der Waals surface area contributed by atoms with E-state index in [1.165, 1.54) is 12.1 Å². The molecule has 4 aromatic rings. The fraction of sp³-hybridized carbons (Fsp3) is 0.167. The standard InChI is InChI=1S/C24H20FN3O/c1-16-17(2)28(14-20-5-3-4-19(12-20)13-26)24-22(10-11-27-23(16)24)29-15-18-6-8-21(25)9-7-18/h3-12H,14-15H2,1-2H3. The molecule has 2 aromatic heterocycles. The van der Waals surface area contributed by atoms with Crippen LogP contribution in [0.2, 0.25) is 0 Å². The Morgan fingerprint density at radius 2 is 1.86 bits per heavy atom. The number of nitrogens with zero attached hydrogens (tertiary/aromatic N) is 3. The van der Waals surface area contributed by atoms with E-state index in [1.54, 1.807) is 24.4 Å². The van der Waals surface area contributed by atoms with Gasteiger partial charge < -0.3 is 9.30 Å². The Labute approximate surface area is 168 Å². The van der Waals surface area contributed by atoms with Crippen molar-refractivity contribution >= 4 is 11.0 Å². The number of rotatable bonds is 5. The largest absolute Gasteiger partial charge is 0.487 e. The number of fused-ring (bicyclic) bond motifs is 1. The van der Waals surface area contributed by atoms with Crippen LogP contribution in [-0.4, -0.2) is 9.55 Å². The second-order valence-electron chi connectivity index (χ2n) is 7.03. The van der Waals surface area contributed by atoms with Crippen LogP contribution in [-0.2, 0) is 13.2 Å². The first kappa shape index (κ1) is 18.7. The maximum absolute atomic E-state index is 13.1. The Morgan fingerprint density at radius 1 is 1.07 bits per heavy atom. The van der Waals surface area contributed by atoms with Crippen molar-refractivity contribution in [3.8, 4) is 11.8 Å². The number of nitriles is 1. The van der Waals surface area contributed by atoms with Crippen molar-refractivity contribution in [3.63, 3.8) is 0 Å². The fourth-order valence-corrected chi connectivity index (χ4v) is 3.49. The molecule has 2 heterocycles. The van der Waals surface area contributed by atoms with Gasteiger partial charge in [-0.15, -0.1) is 0 Å². The summed E-state index contributed by atoms with van der Waals surface area (Å²) in [5.41, 5.74) is 6.60. The Kier molecular flexibility index (Phi) is 5.01. The second-order valence-corrected chi connectivity index (χ2v) is 7.03. The van der Waals surface area contributed by atoms with E-state index in [0.29, 0.717) is 18.7 Å². The van der Waals surface area contributed by atoms with Crippen molar-refractivity contribution < 1.29 is 9.13 Å². The molecule has 0 amide bonds. The molecule has 4 rings (SSSR count). The zero-order chi connectivity index (χ0) is 20.4. The van der Waals surface area contributed by atoms with Crippen molar-refractivity contribution in [3.05, 3.63) is 94.6 Å². The molecule has 0 radical (unpaired) electrons. The third-order valence-electron chi connectivity index (χ3n) is 5.16. The van der Waals surface area contributed by atoms with Crippen molar-refractivity contribution in [1.82, 2.24) is 9.55 Å². The van der Waals surface area contributed by atoms with E-state index in [4.69, 9.17) is 4.74 Å². The third-order valence-corrected chi connectivity index (χ3v) is 5.16.